The number of ether oxygens (including phenoxy) is 1. The quantitative estimate of drug-likeness (QED) is 0.720. The van der Waals surface area contributed by atoms with Gasteiger partial charge in [-0.3, -0.25) is 9.48 Å². The number of anilines is 1. The molecule has 0 aliphatic carbocycles. The molecule has 0 saturated heterocycles. The van der Waals surface area contributed by atoms with Gasteiger partial charge >= 0.3 is 0 Å². The number of carbonyl (C=O) groups is 1. The third kappa shape index (κ3) is 4.08. The zero-order valence-electron chi connectivity index (χ0n) is 13.4. The molecule has 0 spiro atoms. The van der Waals surface area contributed by atoms with Gasteiger partial charge in [0.25, 0.3) is 0 Å². The number of nitrogens with one attached hydrogen (secondary N) is 1. The van der Waals surface area contributed by atoms with E-state index in [4.69, 9.17) is 4.74 Å². The highest BCUT2D eigenvalue weighted by molar-refractivity contribution is 5.92. The van der Waals surface area contributed by atoms with Crippen molar-refractivity contribution in [3.05, 3.63) is 60.7 Å². The van der Waals surface area contributed by atoms with E-state index in [0.717, 1.165) is 11.3 Å². The van der Waals surface area contributed by atoms with Crippen LogP contribution in [0.1, 0.15) is 5.56 Å². The topological polar surface area (TPSA) is 74.0 Å². The van der Waals surface area contributed by atoms with Crippen LogP contribution in [0.3, 0.4) is 0 Å². The second-order valence-electron chi connectivity index (χ2n) is 5.33. The molecule has 3 aromatic rings. The number of hydrogen-bond donors (Lipinski definition) is 1. The van der Waals surface area contributed by atoms with Crippen molar-refractivity contribution < 1.29 is 9.53 Å². The Morgan fingerprint density at radius 1 is 1.25 bits per heavy atom. The summed E-state index contributed by atoms with van der Waals surface area (Å²) in [5.41, 5.74) is 2.59. The Morgan fingerprint density at radius 3 is 2.79 bits per heavy atom. The fraction of sp³-hybridized carbons (Fsp3) is 0.235. The van der Waals surface area contributed by atoms with Gasteiger partial charge in [0, 0.05) is 25.7 Å². The summed E-state index contributed by atoms with van der Waals surface area (Å²) in [5, 5.41) is 11.2. The molecule has 2 aromatic heterocycles. The van der Waals surface area contributed by atoms with Gasteiger partial charge in [0.2, 0.25) is 5.91 Å². The number of rotatable bonds is 7. The number of methoxy groups -OCH3 is 1. The van der Waals surface area contributed by atoms with Gasteiger partial charge in [-0.1, -0.05) is 12.1 Å². The normalized spacial score (nSPS) is 10.7. The lowest BCUT2D eigenvalue weighted by Crippen LogP contribution is -2.14. The minimum absolute atomic E-state index is 0.0758. The van der Waals surface area contributed by atoms with Gasteiger partial charge < -0.3 is 10.1 Å². The second kappa shape index (κ2) is 7.56. The molecule has 0 fully saturated rings. The third-order valence-corrected chi connectivity index (χ3v) is 3.51. The van der Waals surface area contributed by atoms with E-state index < -0.39 is 0 Å². The lowest BCUT2D eigenvalue weighted by molar-refractivity contribution is -0.115. The highest BCUT2D eigenvalue weighted by Gasteiger charge is 2.06. The Bertz CT molecular complexity index is 778. The summed E-state index contributed by atoms with van der Waals surface area (Å²) in [6.45, 7) is 1.24. The van der Waals surface area contributed by atoms with Crippen molar-refractivity contribution >= 4 is 11.6 Å². The predicted octanol–water partition coefficient (Wildman–Crippen LogP) is 1.90. The van der Waals surface area contributed by atoms with Gasteiger partial charge in [-0.25, -0.2) is 4.68 Å². The van der Waals surface area contributed by atoms with Crippen molar-refractivity contribution in [1.29, 1.82) is 0 Å². The standard InChI is InChI=1S/C17H19N5O2/c1-24-10-9-21-13-15(12-19-21)20-17(23)11-14-3-5-16(6-4-14)22-8-2-7-18-22/h2-8,12-13H,9-11H2,1H3,(H,20,23). The maximum Gasteiger partial charge on any atom is 0.228 e. The Balaban J connectivity index is 1.55. The smallest absolute Gasteiger partial charge is 0.228 e. The van der Waals surface area contributed by atoms with Gasteiger partial charge in [0.1, 0.15) is 0 Å². The average Bonchev–Trinajstić information content (AvgIpc) is 3.25. The number of benzene rings is 1. The van der Waals surface area contributed by atoms with E-state index in [9.17, 15) is 4.79 Å². The summed E-state index contributed by atoms with van der Waals surface area (Å²) in [4.78, 5) is 12.1. The predicted molar refractivity (Wildman–Crippen MR) is 90.0 cm³/mol. The molecular weight excluding hydrogens is 306 g/mol. The summed E-state index contributed by atoms with van der Waals surface area (Å²) < 4.78 is 8.51. The van der Waals surface area contributed by atoms with Crippen molar-refractivity contribution in [2.45, 2.75) is 13.0 Å². The van der Waals surface area contributed by atoms with Gasteiger partial charge in [-0.05, 0) is 23.8 Å². The fourth-order valence-corrected chi connectivity index (χ4v) is 2.31. The number of amides is 1. The maximum absolute atomic E-state index is 12.1. The van der Waals surface area contributed by atoms with Gasteiger partial charge in [-0.15, -0.1) is 0 Å². The van der Waals surface area contributed by atoms with Crippen molar-refractivity contribution in [3.63, 3.8) is 0 Å². The highest BCUT2D eigenvalue weighted by Crippen LogP contribution is 2.11. The van der Waals surface area contributed by atoms with Crippen molar-refractivity contribution in [3.8, 4) is 5.69 Å². The number of aromatic nitrogens is 4. The monoisotopic (exact) mass is 325 g/mol. The van der Waals surface area contributed by atoms with Crippen molar-refractivity contribution in [1.82, 2.24) is 19.6 Å². The summed E-state index contributed by atoms with van der Waals surface area (Å²) in [6.07, 6.45) is 7.34. The van der Waals surface area contributed by atoms with E-state index in [-0.39, 0.29) is 5.91 Å². The van der Waals surface area contributed by atoms with Crippen LogP contribution in [0.15, 0.2) is 55.1 Å². The van der Waals surface area contributed by atoms with Gasteiger partial charge in [-0.2, -0.15) is 10.2 Å². The van der Waals surface area contributed by atoms with Crippen LogP contribution < -0.4 is 5.32 Å². The molecule has 0 saturated carbocycles. The summed E-state index contributed by atoms with van der Waals surface area (Å²) in [6, 6.07) is 9.61. The largest absolute Gasteiger partial charge is 0.383 e. The molecule has 0 radical (unpaired) electrons. The molecule has 0 atom stereocenters. The molecule has 7 nitrogen and oxygen atoms in total. The Morgan fingerprint density at radius 2 is 2.08 bits per heavy atom. The Labute approximate surface area is 139 Å². The van der Waals surface area contributed by atoms with Crippen LogP contribution in [0, 0.1) is 0 Å². The SMILES string of the molecule is COCCn1cc(NC(=O)Cc2ccc(-n3cccn3)cc2)cn1. The molecule has 1 N–H and O–H groups in total. The lowest BCUT2D eigenvalue weighted by atomic mass is 10.1. The lowest BCUT2D eigenvalue weighted by Gasteiger charge is -2.05. The van der Waals surface area contributed by atoms with Crippen LogP contribution >= 0.6 is 0 Å². The molecule has 0 bridgehead atoms. The van der Waals surface area contributed by atoms with Crippen LogP contribution in [0.5, 0.6) is 0 Å². The Kier molecular flexibility index (Phi) is 5.02. The molecule has 0 aliphatic rings. The summed E-state index contributed by atoms with van der Waals surface area (Å²) in [7, 11) is 1.64. The minimum Gasteiger partial charge on any atom is -0.383 e. The first kappa shape index (κ1) is 15.9. The van der Waals surface area contributed by atoms with E-state index in [1.165, 1.54) is 0 Å². The van der Waals surface area contributed by atoms with Crippen LogP contribution in [0.4, 0.5) is 5.69 Å². The molecule has 3 rings (SSSR count). The average molecular weight is 325 g/mol. The van der Waals surface area contributed by atoms with Crippen LogP contribution in [0.2, 0.25) is 0 Å². The highest BCUT2D eigenvalue weighted by atomic mass is 16.5. The van der Waals surface area contributed by atoms with Crippen molar-refractivity contribution in [2.75, 3.05) is 19.0 Å². The minimum atomic E-state index is -0.0758. The molecule has 0 aliphatic heterocycles. The Hall–Kier alpha value is -2.93. The number of carbonyl (C=O) groups excluding carboxylic acids is 1. The summed E-state index contributed by atoms with van der Waals surface area (Å²) >= 11 is 0. The van der Waals surface area contributed by atoms with E-state index in [1.807, 2.05) is 36.5 Å². The van der Waals surface area contributed by atoms with Gasteiger partial charge in [0.15, 0.2) is 0 Å². The van der Waals surface area contributed by atoms with Crippen LogP contribution in [-0.2, 0) is 22.5 Å². The molecule has 124 valence electrons. The number of nitrogens with zero attached hydrogens (tertiary/aromatic N) is 4. The van der Waals surface area contributed by atoms with Crippen LogP contribution in [-0.4, -0.2) is 39.2 Å². The summed E-state index contributed by atoms with van der Waals surface area (Å²) in [5.74, 6) is -0.0758. The fourth-order valence-electron chi connectivity index (χ4n) is 2.31. The molecule has 1 aromatic carbocycles. The molecule has 0 unspecified atom stereocenters. The molecule has 2 heterocycles. The first-order valence-electron chi connectivity index (χ1n) is 7.65. The van der Waals surface area contributed by atoms with E-state index in [2.05, 4.69) is 15.5 Å². The van der Waals surface area contributed by atoms with Gasteiger partial charge in [0.05, 0.1) is 37.1 Å². The maximum atomic E-state index is 12.1. The van der Waals surface area contributed by atoms with E-state index in [1.54, 1.807) is 35.1 Å². The van der Waals surface area contributed by atoms with Crippen molar-refractivity contribution in [2.24, 2.45) is 0 Å². The molecule has 24 heavy (non-hydrogen) atoms. The molecule has 7 heteroatoms. The first-order chi connectivity index (χ1) is 11.7. The molecular formula is C17H19N5O2. The van der Waals surface area contributed by atoms with E-state index >= 15 is 0 Å². The zero-order chi connectivity index (χ0) is 16.8. The number of hydrogen-bond acceptors (Lipinski definition) is 4. The van der Waals surface area contributed by atoms with Crippen LogP contribution in [0.25, 0.3) is 5.69 Å². The zero-order valence-corrected chi connectivity index (χ0v) is 13.4. The van der Waals surface area contributed by atoms with E-state index in [0.29, 0.717) is 25.3 Å². The first-order valence-corrected chi connectivity index (χ1v) is 7.65. The second-order valence-corrected chi connectivity index (χ2v) is 5.33. The third-order valence-electron chi connectivity index (χ3n) is 3.51. The molecule has 1 amide bonds.